The van der Waals surface area contributed by atoms with E-state index >= 15 is 0 Å². The topological polar surface area (TPSA) is 72.2 Å². The highest BCUT2D eigenvalue weighted by Gasteiger charge is 2.19. The lowest BCUT2D eigenvalue weighted by molar-refractivity contribution is 0.575. The van der Waals surface area contributed by atoms with E-state index in [4.69, 9.17) is 17.3 Å². The van der Waals surface area contributed by atoms with Crippen molar-refractivity contribution in [1.82, 2.24) is 4.72 Å². The number of hydrogen-bond donors (Lipinski definition) is 2. The number of nitrogens with one attached hydrogen (secondary N) is 1. The molecule has 0 spiro atoms. The third-order valence-corrected chi connectivity index (χ3v) is 4.80. The molecule has 0 saturated carbocycles. The Kier molecular flexibility index (Phi) is 4.95. The van der Waals surface area contributed by atoms with Gasteiger partial charge in [-0.15, -0.1) is 0 Å². The maximum atomic E-state index is 13.3. The molecule has 21 heavy (non-hydrogen) atoms. The van der Waals surface area contributed by atoms with Crippen molar-refractivity contribution in [1.29, 1.82) is 0 Å². The fourth-order valence-electron chi connectivity index (χ4n) is 1.84. The maximum Gasteiger partial charge on any atom is 0.241 e. The molecule has 0 aromatic heterocycles. The summed E-state index contributed by atoms with van der Waals surface area (Å²) >= 11 is 5.97. The van der Waals surface area contributed by atoms with Crippen LogP contribution in [0.4, 0.5) is 4.39 Å². The molecular weight excluding hydrogens is 315 g/mol. The molecular formula is C14H14ClFN2O2S. The second-order valence-corrected chi connectivity index (χ2v) is 6.51. The Morgan fingerprint density at radius 2 is 1.86 bits per heavy atom. The summed E-state index contributed by atoms with van der Waals surface area (Å²) in [6, 6.07) is 10.4. The molecule has 0 saturated heterocycles. The number of halogens is 2. The molecule has 112 valence electrons. The predicted molar refractivity (Wildman–Crippen MR) is 79.8 cm³/mol. The minimum absolute atomic E-state index is 0.00260. The van der Waals surface area contributed by atoms with Gasteiger partial charge in [0.1, 0.15) is 5.82 Å². The first-order chi connectivity index (χ1) is 9.94. The van der Waals surface area contributed by atoms with Crippen LogP contribution in [0.25, 0.3) is 0 Å². The van der Waals surface area contributed by atoms with Crippen LogP contribution in [0.2, 0.25) is 5.02 Å². The van der Waals surface area contributed by atoms with Crippen molar-refractivity contribution in [3.8, 4) is 0 Å². The predicted octanol–water partition coefficient (Wildman–Crippen LogP) is 2.42. The van der Waals surface area contributed by atoms with E-state index in [0.717, 1.165) is 6.07 Å². The van der Waals surface area contributed by atoms with Gasteiger partial charge in [0.25, 0.3) is 0 Å². The summed E-state index contributed by atoms with van der Waals surface area (Å²) in [6.07, 6.45) is 0. The van der Waals surface area contributed by atoms with Crippen molar-refractivity contribution < 1.29 is 12.8 Å². The van der Waals surface area contributed by atoms with E-state index in [1.807, 2.05) is 0 Å². The lowest BCUT2D eigenvalue weighted by Gasteiger charge is -2.11. The number of benzene rings is 2. The summed E-state index contributed by atoms with van der Waals surface area (Å²) in [5.41, 5.74) is 6.48. The molecule has 0 bridgehead atoms. The molecule has 4 nitrogen and oxygen atoms in total. The molecule has 3 N–H and O–H groups in total. The molecule has 0 atom stereocenters. The van der Waals surface area contributed by atoms with Gasteiger partial charge in [-0.1, -0.05) is 35.9 Å². The van der Waals surface area contributed by atoms with E-state index < -0.39 is 15.8 Å². The van der Waals surface area contributed by atoms with Crippen molar-refractivity contribution >= 4 is 21.6 Å². The van der Waals surface area contributed by atoms with Gasteiger partial charge >= 0.3 is 0 Å². The zero-order chi connectivity index (χ0) is 15.5. The van der Waals surface area contributed by atoms with Gasteiger partial charge in [0.05, 0.1) is 4.90 Å². The van der Waals surface area contributed by atoms with Crippen LogP contribution in [0.1, 0.15) is 11.1 Å². The summed E-state index contributed by atoms with van der Waals surface area (Å²) in [7, 11) is -3.87. The lowest BCUT2D eigenvalue weighted by Crippen LogP contribution is -2.25. The molecule has 7 heteroatoms. The third-order valence-electron chi connectivity index (χ3n) is 2.95. The van der Waals surface area contributed by atoms with Crippen molar-refractivity contribution in [3.63, 3.8) is 0 Å². The number of sulfonamides is 1. The van der Waals surface area contributed by atoms with Gasteiger partial charge in [0, 0.05) is 18.1 Å². The third kappa shape index (κ3) is 3.79. The maximum absolute atomic E-state index is 13.3. The van der Waals surface area contributed by atoms with E-state index in [0.29, 0.717) is 16.1 Å². The first kappa shape index (κ1) is 15.9. The van der Waals surface area contributed by atoms with Crippen LogP contribution in [0.15, 0.2) is 47.4 Å². The Hall–Kier alpha value is -1.47. The number of hydrogen-bond acceptors (Lipinski definition) is 3. The molecule has 0 radical (unpaired) electrons. The number of nitrogens with two attached hydrogens (primary N) is 1. The first-order valence-corrected chi connectivity index (χ1v) is 8.01. The van der Waals surface area contributed by atoms with Crippen LogP contribution in [0.3, 0.4) is 0 Å². The standard InChI is InChI=1S/C14H14ClFN2O2S/c15-13-4-2-1-3-11(13)9-18-21(19,20)14-7-12(16)6-5-10(14)8-17/h1-7,18H,8-9,17H2. The first-order valence-electron chi connectivity index (χ1n) is 6.15. The molecule has 0 aliphatic heterocycles. The Balaban J connectivity index is 2.27. The normalized spacial score (nSPS) is 11.6. The Morgan fingerprint density at radius 1 is 1.14 bits per heavy atom. The van der Waals surface area contributed by atoms with E-state index in [2.05, 4.69) is 4.72 Å². The second kappa shape index (κ2) is 6.53. The molecule has 2 aromatic carbocycles. The van der Waals surface area contributed by atoms with Gasteiger partial charge in [-0.3, -0.25) is 0 Å². The van der Waals surface area contributed by atoms with Gasteiger partial charge in [0.2, 0.25) is 10.0 Å². The Labute approximate surface area is 127 Å². The summed E-state index contributed by atoms with van der Waals surface area (Å²) in [5, 5.41) is 0.457. The molecule has 0 aliphatic carbocycles. The molecule has 0 amide bonds. The SMILES string of the molecule is NCc1ccc(F)cc1S(=O)(=O)NCc1ccccc1Cl. The summed E-state index contributed by atoms with van der Waals surface area (Å²) in [6.45, 7) is 0.0190. The van der Waals surface area contributed by atoms with Gasteiger partial charge in [0.15, 0.2) is 0 Å². The number of rotatable bonds is 5. The Morgan fingerprint density at radius 3 is 2.52 bits per heavy atom. The lowest BCUT2D eigenvalue weighted by atomic mass is 10.2. The van der Waals surface area contributed by atoms with Gasteiger partial charge in [-0.25, -0.2) is 17.5 Å². The smallest absolute Gasteiger partial charge is 0.241 e. The minimum Gasteiger partial charge on any atom is -0.326 e. The fourth-order valence-corrected chi connectivity index (χ4v) is 3.31. The monoisotopic (exact) mass is 328 g/mol. The summed E-state index contributed by atoms with van der Waals surface area (Å²) in [5.74, 6) is -0.634. The van der Waals surface area contributed by atoms with Crippen molar-refractivity contribution in [2.75, 3.05) is 0 Å². The van der Waals surface area contributed by atoms with Crippen LogP contribution in [0.5, 0.6) is 0 Å². The van der Waals surface area contributed by atoms with Gasteiger partial charge in [-0.05, 0) is 29.3 Å². The molecule has 2 aromatic rings. The van der Waals surface area contributed by atoms with Crippen molar-refractivity contribution in [2.24, 2.45) is 5.73 Å². The van der Waals surface area contributed by atoms with Gasteiger partial charge < -0.3 is 5.73 Å². The van der Waals surface area contributed by atoms with E-state index in [1.165, 1.54) is 12.1 Å². The average molecular weight is 329 g/mol. The van der Waals surface area contributed by atoms with E-state index in [-0.39, 0.29) is 18.0 Å². The molecule has 2 rings (SSSR count). The largest absolute Gasteiger partial charge is 0.326 e. The van der Waals surface area contributed by atoms with Gasteiger partial charge in [-0.2, -0.15) is 0 Å². The van der Waals surface area contributed by atoms with Crippen LogP contribution >= 0.6 is 11.6 Å². The highest BCUT2D eigenvalue weighted by atomic mass is 35.5. The zero-order valence-electron chi connectivity index (χ0n) is 11.0. The fraction of sp³-hybridized carbons (Fsp3) is 0.143. The summed E-state index contributed by atoms with van der Waals surface area (Å²) in [4.78, 5) is -0.156. The zero-order valence-corrected chi connectivity index (χ0v) is 12.6. The van der Waals surface area contributed by atoms with Crippen LogP contribution in [-0.4, -0.2) is 8.42 Å². The van der Waals surface area contributed by atoms with Crippen molar-refractivity contribution in [3.05, 3.63) is 64.4 Å². The van der Waals surface area contributed by atoms with Crippen LogP contribution in [-0.2, 0) is 23.1 Å². The summed E-state index contributed by atoms with van der Waals surface area (Å²) < 4.78 is 40.2. The molecule has 0 fully saturated rings. The van der Waals surface area contributed by atoms with Crippen molar-refractivity contribution in [2.45, 2.75) is 18.0 Å². The average Bonchev–Trinajstić information content (AvgIpc) is 2.46. The highest BCUT2D eigenvalue weighted by molar-refractivity contribution is 7.89. The molecule has 0 heterocycles. The molecule has 0 unspecified atom stereocenters. The van der Waals surface area contributed by atoms with Crippen LogP contribution < -0.4 is 10.5 Å². The quantitative estimate of drug-likeness (QED) is 0.885. The minimum atomic E-state index is -3.87. The van der Waals surface area contributed by atoms with E-state index in [1.54, 1.807) is 24.3 Å². The van der Waals surface area contributed by atoms with Crippen LogP contribution in [0, 0.1) is 5.82 Å². The second-order valence-electron chi connectivity index (χ2n) is 4.37. The Bertz CT molecular complexity index is 750. The van der Waals surface area contributed by atoms with E-state index in [9.17, 15) is 12.8 Å². The highest BCUT2D eigenvalue weighted by Crippen LogP contribution is 2.19. The molecule has 0 aliphatic rings.